The van der Waals surface area contributed by atoms with Crippen LogP contribution in [0.15, 0.2) is 28.9 Å². The number of hydrogen-bond donors (Lipinski definition) is 2. The van der Waals surface area contributed by atoms with Crippen LogP contribution >= 0.6 is 11.3 Å². The molecule has 0 atom stereocenters. The first-order valence-electron chi connectivity index (χ1n) is 5.22. The lowest BCUT2D eigenvalue weighted by Crippen LogP contribution is -2.12. The minimum atomic E-state index is -0.865. The zero-order valence-electron chi connectivity index (χ0n) is 9.40. The van der Waals surface area contributed by atoms with E-state index in [4.69, 9.17) is 9.52 Å². The largest absolute Gasteiger partial charge is 0.477 e. The van der Waals surface area contributed by atoms with Crippen LogP contribution in [0.3, 0.4) is 0 Å². The highest BCUT2D eigenvalue weighted by atomic mass is 32.1. The van der Waals surface area contributed by atoms with Crippen molar-refractivity contribution in [1.29, 1.82) is 0 Å². The molecule has 0 unspecified atom stereocenters. The molecule has 2 heterocycles. The number of hydrogen-bond acceptors (Lipinski definition) is 4. The Kier molecular flexibility index (Phi) is 3.61. The Balaban J connectivity index is 1.92. The highest BCUT2D eigenvalue weighted by Crippen LogP contribution is 2.21. The molecular formula is C12H13NO3S. The molecule has 0 aliphatic rings. The second kappa shape index (κ2) is 5.16. The normalized spacial score (nSPS) is 10.6. The fourth-order valence-electron chi connectivity index (χ4n) is 1.53. The van der Waals surface area contributed by atoms with E-state index >= 15 is 0 Å². The van der Waals surface area contributed by atoms with Gasteiger partial charge in [-0.05, 0) is 30.7 Å². The number of rotatable bonds is 5. The second-order valence-corrected chi connectivity index (χ2v) is 4.94. The van der Waals surface area contributed by atoms with Crippen molar-refractivity contribution in [3.8, 4) is 0 Å². The van der Waals surface area contributed by atoms with Crippen molar-refractivity contribution in [2.24, 2.45) is 0 Å². The fraction of sp³-hybridized carbons (Fsp3) is 0.250. The van der Waals surface area contributed by atoms with Crippen molar-refractivity contribution in [3.05, 3.63) is 45.5 Å². The summed E-state index contributed by atoms with van der Waals surface area (Å²) >= 11 is 1.31. The SMILES string of the molecule is Cc1sc(C(=O)O)cc1CNCc1ccco1. The number of nitrogens with one attached hydrogen (secondary N) is 1. The molecule has 2 N–H and O–H groups in total. The summed E-state index contributed by atoms with van der Waals surface area (Å²) in [5, 5.41) is 12.1. The van der Waals surface area contributed by atoms with Gasteiger partial charge in [-0.25, -0.2) is 4.79 Å². The Morgan fingerprint density at radius 1 is 1.53 bits per heavy atom. The zero-order chi connectivity index (χ0) is 12.3. The predicted molar refractivity (Wildman–Crippen MR) is 65.3 cm³/mol. The van der Waals surface area contributed by atoms with Crippen LogP contribution < -0.4 is 5.32 Å². The molecule has 0 fully saturated rings. The van der Waals surface area contributed by atoms with Crippen molar-refractivity contribution in [2.75, 3.05) is 0 Å². The van der Waals surface area contributed by atoms with Gasteiger partial charge < -0.3 is 14.8 Å². The summed E-state index contributed by atoms with van der Waals surface area (Å²) < 4.78 is 5.19. The third kappa shape index (κ3) is 2.95. The summed E-state index contributed by atoms with van der Waals surface area (Å²) in [4.78, 5) is 12.2. The molecule has 0 saturated carbocycles. The van der Waals surface area contributed by atoms with Crippen molar-refractivity contribution in [2.45, 2.75) is 20.0 Å². The summed E-state index contributed by atoms with van der Waals surface area (Å²) in [6, 6.07) is 5.46. The minimum Gasteiger partial charge on any atom is -0.477 e. The van der Waals surface area contributed by atoms with Gasteiger partial charge in [0.2, 0.25) is 0 Å². The average Bonchev–Trinajstić information content (AvgIpc) is 2.89. The predicted octanol–water partition coefficient (Wildman–Crippen LogP) is 2.64. The minimum absolute atomic E-state index is 0.386. The summed E-state index contributed by atoms with van der Waals surface area (Å²) in [6.45, 7) is 3.22. The van der Waals surface area contributed by atoms with Crippen LogP contribution in [0, 0.1) is 6.92 Å². The van der Waals surface area contributed by atoms with E-state index in [9.17, 15) is 4.79 Å². The number of thiophene rings is 1. The fourth-order valence-corrected chi connectivity index (χ4v) is 2.41. The Morgan fingerprint density at radius 3 is 2.94 bits per heavy atom. The number of carboxylic acid groups (broad SMARTS) is 1. The number of aromatic carboxylic acids is 1. The third-order valence-electron chi connectivity index (χ3n) is 2.43. The van der Waals surface area contributed by atoms with E-state index in [1.165, 1.54) is 11.3 Å². The van der Waals surface area contributed by atoms with Crippen LogP contribution in [-0.4, -0.2) is 11.1 Å². The molecule has 0 aliphatic heterocycles. The molecule has 0 aliphatic carbocycles. The highest BCUT2D eigenvalue weighted by molar-refractivity contribution is 7.14. The molecule has 0 spiro atoms. The van der Waals surface area contributed by atoms with Crippen LogP contribution in [0.5, 0.6) is 0 Å². The van der Waals surface area contributed by atoms with Crippen LogP contribution in [0.4, 0.5) is 0 Å². The van der Waals surface area contributed by atoms with Gasteiger partial charge in [0, 0.05) is 11.4 Å². The topological polar surface area (TPSA) is 62.5 Å². The van der Waals surface area contributed by atoms with Crippen molar-refractivity contribution in [3.63, 3.8) is 0 Å². The number of carbonyl (C=O) groups is 1. The Labute approximate surface area is 103 Å². The maximum Gasteiger partial charge on any atom is 0.345 e. The average molecular weight is 251 g/mol. The molecule has 0 bridgehead atoms. The van der Waals surface area contributed by atoms with E-state index in [2.05, 4.69) is 5.32 Å². The van der Waals surface area contributed by atoms with Gasteiger partial charge in [0.25, 0.3) is 0 Å². The lowest BCUT2D eigenvalue weighted by Gasteiger charge is -2.01. The Morgan fingerprint density at radius 2 is 2.35 bits per heavy atom. The van der Waals surface area contributed by atoms with Crippen molar-refractivity contribution < 1.29 is 14.3 Å². The van der Waals surface area contributed by atoms with E-state index in [1.54, 1.807) is 12.3 Å². The molecule has 0 aromatic carbocycles. The molecule has 2 aromatic heterocycles. The lowest BCUT2D eigenvalue weighted by atomic mass is 10.2. The molecule has 0 saturated heterocycles. The van der Waals surface area contributed by atoms with Gasteiger partial charge in [0.05, 0.1) is 12.8 Å². The van der Waals surface area contributed by atoms with Gasteiger partial charge in [-0.2, -0.15) is 0 Å². The number of carboxylic acids is 1. The molecule has 2 aromatic rings. The van der Waals surface area contributed by atoms with Gasteiger partial charge in [0.1, 0.15) is 10.6 Å². The summed E-state index contributed by atoms with van der Waals surface area (Å²) in [6.07, 6.45) is 1.63. The molecule has 5 heteroatoms. The van der Waals surface area contributed by atoms with Crippen LogP contribution in [0.2, 0.25) is 0 Å². The molecule has 2 rings (SSSR count). The van der Waals surface area contributed by atoms with E-state index in [0.29, 0.717) is 18.0 Å². The molecule has 4 nitrogen and oxygen atoms in total. The molecule has 0 radical (unpaired) electrons. The van der Waals surface area contributed by atoms with Crippen molar-refractivity contribution in [1.82, 2.24) is 5.32 Å². The summed E-state index contributed by atoms with van der Waals surface area (Å²) in [5.41, 5.74) is 1.03. The maximum atomic E-state index is 10.8. The molecule has 0 amide bonds. The summed E-state index contributed by atoms with van der Waals surface area (Å²) in [7, 11) is 0. The highest BCUT2D eigenvalue weighted by Gasteiger charge is 2.10. The van der Waals surface area contributed by atoms with Crippen LogP contribution in [0.25, 0.3) is 0 Å². The Bertz CT molecular complexity index is 502. The monoisotopic (exact) mass is 251 g/mol. The standard InChI is InChI=1S/C12H13NO3S/c1-8-9(5-11(17-8)12(14)15)6-13-7-10-3-2-4-16-10/h2-5,13H,6-7H2,1H3,(H,14,15). The quantitative estimate of drug-likeness (QED) is 0.857. The van der Waals surface area contributed by atoms with Gasteiger partial charge in [-0.1, -0.05) is 0 Å². The number of furan rings is 1. The third-order valence-corrected chi connectivity index (χ3v) is 3.51. The first-order valence-corrected chi connectivity index (χ1v) is 6.04. The maximum absolute atomic E-state index is 10.8. The molecular weight excluding hydrogens is 238 g/mol. The summed E-state index contributed by atoms with van der Waals surface area (Å²) in [5.74, 6) is 0.00623. The first-order chi connectivity index (χ1) is 8.16. The van der Waals surface area contributed by atoms with Gasteiger partial charge in [-0.15, -0.1) is 11.3 Å². The zero-order valence-corrected chi connectivity index (χ0v) is 10.2. The van der Waals surface area contributed by atoms with E-state index < -0.39 is 5.97 Å². The molecule has 17 heavy (non-hydrogen) atoms. The molecule has 90 valence electrons. The smallest absolute Gasteiger partial charge is 0.345 e. The second-order valence-electron chi connectivity index (χ2n) is 3.68. The Hall–Kier alpha value is -1.59. The van der Waals surface area contributed by atoms with Gasteiger partial charge in [-0.3, -0.25) is 0 Å². The lowest BCUT2D eigenvalue weighted by molar-refractivity contribution is 0.0702. The van der Waals surface area contributed by atoms with Gasteiger partial charge >= 0.3 is 5.97 Å². The van der Waals surface area contributed by atoms with Gasteiger partial charge in [0.15, 0.2) is 0 Å². The van der Waals surface area contributed by atoms with Crippen LogP contribution in [0.1, 0.15) is 25.9 Å². The van der Waals surface area contributed by atoms with E-state index in [0.717, 1.165) is 16.2 Å². The van der Waals surface area contributed by atoms with E-state index in [-0.39, 0.29) is 0 Å². The van der Waals surface area contributed by atoms with E-state index in [1.807, 2.05) is 19.1 Å². The number of aryl methyl sites for hydroxylation is 1. The van der Waals surface area contributed by atoms with Crippen molar-refractivity contribution >= 4 is 17.3 Å². The first kappa shape index (κ1) is 11.9. The van der Waals surface area contributed by atoms with Crippen LogP contribution in [-0.2, 0) is 13.1 Å².